The third kappa shape index (κ3) is 3.53. The molecular weight excluding hydrogens is 494 g/mol. The number of rotatable bonds is 5. The molecule has 6 aliphatic rings. The van der Waals surface area contributed by atoms with Gasteiger partial charge >= 0.3 is 11.7 Å². The predicted octanol–water partition coefficient (Wildman–Crippen LogP) is 3.90. The fourth-order valence-corrected chi connectivity index (χ4v) is 8.38. The van der Waals surface area contributed by atoms with Crippen LogP contribution in [-0.4, -0.2) is 44.4 Å². The zero-order valence-corrected chi connectivity index (χ0v) is 21.9. The van der Waals surface area contributed by atoms with E-state index < -0.39 is 5.41 Å². The summed E-state index contributed by atoms with van der Waals surface area (Å²) in [6.45, 7) is 3.00. The molecule has 1 saturated heterocycles. The Labute approximate surface area is 219 Å². The number of anilines is 1. The largest absolute Gasteiger partial charge is 0.466 e. The maximum atomic E-state index is 13.6. The van der Waals surface area contributed by atoms with E-state index >= 15 is 0 Å². The quantitative estimate of drug-likeness (QED) is 0.591. The molecule has 0 radical (unpaired) electrons. The van der Waals surface area contributed by atoms with Crippen LogP contribution in [0.4, 0.5) is 5.95 Å². The lowest BCUT2D eigenvalue weighted by molar-refractivity contribution is -0.175. The summed E-state index contributed by atoms with van der Waals surface area (Å²) in [6.07, 6.45) is 11.3. The van der Waals surface area contributed by atoms with E-state index in [1.54, 1.807) is 17.8 Å². The van der Waals surface area contributed by atoms with Gasteiger partial charge in [0.2, 0.25) is 5.95 Å². The Hall–Kier alpha value is -2.65. The minimum atomic E-state index is -0.392. The van der Waals surface area contributed by atoms with E-state index in [4.69, 9.17) is 26.1 Å². The number of hydrogen-bond acceptors (Lipinski definition) is 7. The Balaban J connectivity index is 1.24. The van der Waals surface area contributed by atoms with Crippen LogP contribution in [-0.2, 0) is 21.3 Å². The molecular formula is C27H32ClN5O4. The van der Waals surface area contributed by atoms with Crippen LogP contribution in [0.5, 0.6) is 0 Å². The average Bonchev–Trinajstić information content (AvgIpc) is 3.41. The summed E-state index contributed by atoms with van der Waals surface area (Å²) in [5.41, 5.74) is 1.63. The number of aromatic nitrogens is 4. The molecule has 1 N–H and O–H groups in total. The van der Waals surface area contributed by atoms with Crippen molar-refractivity contribution in [2.24, 2.45) is 36.1 Å². The van der Waals surface area contributed by atoms with Crippen LogP contribution < -0.4 is 11.0 Å². The Morgan fingerprint density at radius 3 is 2.81 bits per heavy atom. The fraction of sp³-hybridized carbons (Fsp3) is 0.630. The molecule has 0 amide bonds. The van der Waals surface area contributed by atoms with Crippen LogP contribution in [0.15, 0.2) is 33.9 Å². The molecule has 10 heteroatoms. The third-order valence-electron chi connectivity index (χ3n) is 9.44. The van der Waals surface area contributed by atoms with Crippen LogP contribution in [0.25, 0.3) is 11.2 Å². The minimum absolute atomic E-state index is 0.0202. The predicted molar refractivity (Wildman–Crippen MR) is 138 cm³/mol. The summed E-state index contributed by atoms with van der Waals surface area (Å²) in [5, 5.41) is 3.88. The van der Waals surface area contributed by atoms with Gasteiger partial charge in [-0.05, 0) is 69.3 Å². The van der Waals surface area contributed by atoms with E-state index in [1.165, 1.54) is 0 Å². The van der Waals surface area contributed by atoms with Crippen LogP contribution >= 0.6 is 11.6 Å². The monoisotopic (exact) mass is 525 g/mol. The lowest BCUT2D eigenvalue weighted by atomic mass is 9.48. The number of halogens is 1. The number of allylic oxidation sites excluding steroid dienone is 1. The molecule has 4 atom stereocenters. The van der Waals surface area contributed by atoms with Crippen molar-refractivity contribution in [1.82, 2.24) is 19.1 Å². The van der Waals surface area contributed by atoms with Crippen molar-refractivity contribution in [2.75, 3.05) is 18.5 Å². The molecule has 0 aromatic carbocycles. The number of imidazole rings is 1. The maximum Gasteiger partial charge on any atom is 0.330 e. The van der Waals surface area contributed by atoms with E-state index in [2.05, 4.69) is 16.4 Å². The van der Waals surface area contributed by atoms with Gasteiger partial charge in [-0.25, -0.2) is 9.78 Å². The molecule has 2 aromatic heterocycles. The first-order valence-electron chi connectivity index (χ1n) is 13.5. The number of carbonyl (C=O) groups is 1. The summed E-state index contributed by atoms with van der Waals surface area (Å²) < 4.78 is 14.8. The molecule has 1 aliphatic heterocycles. The standard InChI is InChI=1S/C27H32ClN5O4/c1-3-36-24(34)27-10-14-6-16(11-27)22(17(7-14)12-27)33-23-20(32(2)26(33)35)13-29-25(31-23)30-19-8-15-4-5-37-21(15)9-18(19)28/h8-9,13-17,21-22H,3-7,10-12H2,1-2H3,(H,29,30,31). The minimum Gasteiger partial charge on any atom is -0.466 e. The van der Waals surface area contributed by atoms with Gasteiger partial charge in [-0.15, -0.1) is 0 Å². The molecule has 4 bridgehead atoms. The SMILES string of the molecule is CCOC(=O)C12CC3CC(C1)C(n1c(=O)n(C)c4cnc(NC5=CC6CCOC6C=C5Cl)nc41)C(C3)C2. The Morgan fingerprint density at radius 2 is 2.05 bits per heavy atom. The molecule has 3 heterocycles. The number of carbonyl (C=O) groups excluding carboxylic acids is 1. The molecule has 2 aromatic rings. The first-order chi connectivity index (χ1) is 17.9. The number of aryl methyl sites for hydroxylation is 1. The molecule has 37 heavy (non-hydrogen) atoms. The maximum absolute atomic E-state index is 13.6. The van der Waals surface area contributed by atoms with Gasteiger partial charge in [-0.1, -0.05) is 17.7 Å². The normalized spacial score (nSPS) is 35.9. The van der Waals surface area contributed by atoms with Crippen molar-refractivity contribution >= 4 is 34.7 Å². The van der Waals surface area contributed by atoms with Gasteiger partial charge in [0.1, 0.15) is 5.52 Å². The Morgan fingerprint density at radius 1 is 1.27 bits per heavy atom. The number of nitrogens with zero attached hydrogens (tertiary/aromatic N) is 4. The Bertz CT molecular complexity index is 1390. The molecule has 9 nitrogen and oxygen atoms in total. The summed E-state index contributed by atoms with van der Waals surface area (Å²) in [5.74, 6) is 1.67. The molecule has 5 fully saturated rings. The highest BCUT2D eigenvalue weighted by atomic mass is 35.5. The zero-order chi connectivity index (χ0) is 25.5. The summed E-state index contributed by atoms with van der Waals surface area (Å²) >= 11 is 6.54. The van der Waals surface area contributed by atoms with Crippen molar-refractivity contribution in [1.29, 1.82) is 0 Å². The van der Waals surface area contributed by atoms with Crippen LogP contribution in [0.3, 0.4) is 0 Å². The van der Waals surface area contributed by atoms with Crippen molar-refractivity contribution < 1.29 is 14.3 Å². The van der Waals surface area contributed by atoms with Crippen molar-refractivity contribution in [3.8, 4) is 0 Å². The number of nitrogens with one attached hydrogen (secondary N) is 1. The van der Waals surface area contributed by atoms with Crippen molar-refractivity contribution in [2.45, 2.75) is 57.6 Å². The van der Waals surface area contributed by atoms with Crippen molar-refractivity contribution in [3.63, 3.8) is 0 Å². The number of ether oxygens (including phenoxy) is 2. The number of fused-ring (bicyclic) bond motifs is 2. The van der Waals surface area contributed by atoms with Gasteiger partial charge in [-0.2, -0.15) is 4.98 Å². The van der Waals surface area contributed by atoms with Crippen LogP contribution in [0, 0.1) is 29.1 Å². The molecule has 5 aliphatic carbocycles. The van der Waals surface area contributed by atoms with E-state index in [0.717, 1.165) is 50.8 Å². The smallest absolute Gasteiger partial charge is 0.330 e. The molecule has 0 spiro atoms. The molecule has 8 rings (SSSR count). The summed E-state index contributed by atoms with van der Waals surface area (Å²) in [6, 6.07) is 0.0202. The third-order valence-corrected chi connectivity index (χ3v) is 9.77. The first kappa shape index (κ1) is 23.5. The molecule has 4 unspecified atom stereocenters. The second-order valence-electron chi connectivity index (χ2n) is 11.6. The highest BCUT2D eigenvalue weighted by Gasteiger charge is 2.60. The highest BCUT2D eigenvalue weighted by molar-refractivity contribution is 6.32. The first-order valence-corrected chi connectivity index (χ1v) is 13.8. The molecule has 4 saturated carbocycles. The second-order valence-corrected chi connectivity index (χ2v) is 12.0. The fourth-order valence-electron chi connectivity index (χ4n) is 8.15. The second kappa shape index (κ2) is 8.43. The molecule has 196 valence electrons. The van der Waals surface area contributed by atoms with Gasteiger partial charge in [0.05, 0.1) is 35.1 Å². The van der Waals surface area contributed by atoms with Gasteiger partial charge in [0.25, 0.3) is 0 Å². The zero-order valence-electron chi connectivity index (χ0n) is 21.2. The topological polar surface area (TPSA) is 100 Å². The van der Waals surface area contributed by atoms with Crippen LogP contribution in [0.2, 0.25) is 0 Å². The average molecular weight is 526 g/mol. The van der Waals surface area contributed by atoms with Crippen LogP contribution in [0.1, 0.15) is 51.5 Å². The van der Waals surface area contributed by atoms with E-state index in [-0.39, 0.29) is 41.6 Å². The number of hydrogen-bond donors (Lipinski definition) is 1. The van der Waals surface area contributed by atoms with Gasteiger partial charge in [-0.3, -0.25) is 13.9 Å². The van der Waals surface area contributed by atoms with E-state index in [0.29, 0.717) is 34.7 Å². The van der Waals surface area contributed by atoms with Gasteiger partial charge < -0.3 is 14.8 Å². The summed E-state index contributed by atoms with van der Waals surface area (Å²) in [7, 11) is 1.78. The summed E-state index contributed by atoms with van der Waals surface area (Å²) in [4.78, 5) is 36.0. The Kier molecular flexibility index (Phi) is 5.35. The lowest BCUT2D eigenvalue weighted by Crippen LogP contribution is -2.55. The van der Waals surface area contributed by atoms with Gasteiger partial charge in [0.15, 0.2) is 5.65 Å². The van der Waals surface area contributed by atoms with Crippen molar-refractivity contribution in [3.05, 3.63) is 39.6 Å². The van der Waals surface area contributed by atoms with E-state index in [1.807, 2.05) is 17.6 Å². The highest BCUT2D eigenvalue weighted by Crippen LogP contribution is 2.64. The van der Waals surface area contributed by atoms with E-state index in [9.17, 15) is 9.59 Å². The number of esters is 1. The van der Waals surface area contributed by atoms with Gasteiger partial charge in [0, 0.05) is 25.6 Å². The lowest BCUT2D eigenvalue weighted by Gasteiger charge is -2.58.